The van der Waals surface area contributed by atoms with Crippen LogP contribution >= 0.6 is 0 Å². The Balaban J connectivity index is 1.37. The highest BCUT2D eigenvalue weighted by atomic mass is 19.1. The maximum Gasteiger partial charge on any atom is 0.344 e. The third-order valence-corrected chi connectivity index (χ3v) is 6.82. The molecule has 2 aromatic carbocycles. The van der Waals surface area contributed by atoms with Gasteiger partial charge in [-0.05, 0) is 72.2 Å². The first kappa shape index (κ1) is 26.7. The molecule has 1 aliphatic carbocycles. The molecule has 0 saturated heterocycles. The minimum absolute atomic E-state index is 0.304. The Kier molecular flexibility index (Phi) is 8.87. The van der Waals surface area contributed by atoms with Crippen LogP contribution in [0.15, 0.2) is 53.8 Å². The van der Waals surface area contributed by atoms with Crippen molar-refractivity contribution in [2.24, 2.45) is 0 Å². The molecule has 0 spiro atoms. The highest BCUT2D eigenvalue weighted by molar-refractivity contribution is 5.74. The van der Waals surface area contributed by atoms with E-state index in [1.165, 1.54) is 12.1 Å². The number of carbonyl (C=O) groups is 1. The third-order valence-electron chi connectivity index (χ3n) is 6.82. The van der Waals surface area contributed by atoms with Gasteiger partial charge in [0.15, 0.2) is 6.10 Å². The van der Waals surface area contributed by atoms with Gasteiger partial charge < -0.3 is 24.4 Å². The van der Waals surface area contributed by atoms with Crippen molar-refractivity contribution in [3.8, 4) is 11.5 Å². The number of hydrogen-bond acceptors (Lipinski definition) is 5. The summed E-state index contributed by atoms with van der Waals surface area (Å²) in [5.41, 5.74) is 4.56. The molecule has 198 valence electrons. The van der Waals surface area contributed by atoms with Crippen molar-refractivity contribution >= 4 is 11.5 Å². The van der Waals surface area contributed by atoms with Gasteiger partial charge in [-0.1, -0.05) is 38.5 Å². The molecule has 0 bridgehead atoms. The summed E-state index contributed by atoms with van der Waals surface area (Å²) in [5.74, 6) is 0.910. The average Bonchev–Trinajstić information content (AvgIpc) is 2.90. The number of aliphatic hydroxyl groups is 1. The number of benzene rings is 2. The highest BCUT2D eigenvalue weighted by Gasteiger charge is 2.29. The number of carboxylic acids is 1. The fraction of sp³-hybridized carbons (Fsp3) is 0.433. The summed E-state index contributed by atoms with van der Waals surface area (Å²) < 4.78 is 31.3. The average molecular weight is 511 g/mol. The van der Waals surface area contributed by atoms with Crippen LogP contribution in [-0.2, 0) is 22.4 Å². The van der Waals surface area contributed by atoms with E-state index in [-0.39, 0.29) is 5.82 Å². The summed E-state index contributed by atoms with van der Waals surface area (Å²) in [6.07, 6.45) is 4.97. The number of allylic oxidation sites excluding steroid dienone is 2. The summed E-state index contributed by atoms with van der Waals surface area (Å²) in [7, 11) is 0. The number of halogens is 1. The van der Waals surface area contributed by atoms with Crippen molar-refractivity contribution in [1.82, 2.24) is 0 Å². The molecule has 2 atom stereocenters. The number of fused-ring (bicyclic) bond motifs is 1. The number of ether oxygens (including phenoxy) is 3. The maximum atomic E-state index is 13.3. The number of aliphatic carboxylic acids is 1. The van der Waals surface area contributed by atoms with Gasteiger partial charge in [-0.3, -0.25) is 0 Å². The molecular formula is C30H35FO6. The SMILES string of the molecule is CCCc1c(OCCCOC2=C(CC)C=C(c3ccc(F)cc3)C(O)C2)ccc2c1OC(C(=O)O)CC2. The third kappa shape index (κ3) is 6.34. The molecule has 2 N–H and O–H groups in total. The first-order chi connectivity index (χ1) is 17.9. The zero-order chi connectivity index (χ0) is 26.4. The molecule has 0 fully saturated rings. The van der Waals surface area contributed by atoms with Gasteiger partial charge in [0, 0.05) is 18.4 Å². The molecule has 2 aromatic rings. The Morgan fingerprint density at radius 3 is 2.57 bits per heavy atom. The predicted octanol–water partition coefficient (Wildman–Crippen LogP) is 5.85. The van der Waals surface area contributed by atoms with Crippen LogP contribution in [0, 0.1) is 5.82 Å². The van der Waals surface area contributed by atoms with Crippen molar-refractivity contribution in [3.05, 3.63) is 76.3 Å². The van der Waals surface area contributed by atoms with Gasteiger partial charge in [-0.2, -0.15) is 0 Å². The topological polar surface area (TPSA) is 85.2 Å². The molecule has 0 saturated carbocycles. The standard InChI is InChI=1S/C30H35FO6/c1-3-6-23-26(13-9-21-10-14-27(30(33)34)37-29(21)23)35-15-5-16-36-28-18-25(32)24(17-19(28)4-2)20-7-11-22(31)12-8-20/h7-9,11-13,17,25,27,32H,3-6,10,14-16,18H2,1-2H3,(H,33,34). The second kappa shape index (κ2) is 12.3. The number of aryl methyl sites for hydroxylation is 1. The second-order valence-corrected chi connectivity index (χ2v) is 9.44. The van der Waals surface area contributed by atoms with E-state index in [1.54, 1.807) is 12.1 Å². The number of carboxylic acid groups (broad SMARTS) is 1. The zero-order valence-electron chi connectivity index (χ0n) is 21.5. The van der Waals surface area contributed by atoms with Gasteiger partial charge in [0.25, 0.3) is 0 Å². The number of aliphatic hydroxyl groups excluding tert-OH is 1. The van der Waals surface area contributed by atoms with Crippen LogP contribution in [-0.4, -0.2) is 41.6 Å². The molecule has 1 heterocycles. The van der Waals surface area contributed by atoms with Gasteiger partial charge in [0.05, 0.1) is 19.3 Å². The molecular weight excluding hydrogens is 475 g/mol. The highest BCUT2D eigenvalue weighted by Crippen LogP contribution is 2.38. The van der Waals surface area contributed by atoms with E-state index in [1.807, 2.05) is 25.1 Å². The first-order valence-electron chi connectivity index (χ1n) is 13.1. The van der Waals surface area contributed by atoms with Crippen LogP contribution in [0.25, 0.3) is 5.57 Å². The summed E-state index contributed by atoms with van der Waals surface area (Å²) in [6, 6.07) is 10.1. The Morgan fingerprint density at radius 2 is 1.86 bits per heavy atom. The largest absolute Gasteiger partial charge is 0.497 e. The van der Waals surface area contributed by atoms with Crippen molar-refractivity contribution in [3.63, 3.8) is 0 Å². The lowest BCUT2D eigenvalue weighted by Crippen LogP contribution is -2.31. The van der Waals surface area contributed by atoms with Crippen LogP contribution in [0.4, 0.5) is 4.39 Å². The summed E-state index contributed by atoms with van der Waals surface area (Å²) in [4.78, 5) is 11.5. The summed E-state index contributed by atoms with van der Waals surface area (Å²) in [6.45, 7) is 4.99. The van der Waals surface area contributed by atoms with Crippen molar-refractivity contribution in [2.75, 3.05) is 13.2 Å². The smallest absolute Gasteiger partial charge is 0.344 e. The Bertz CT molecular complexity index is 1170. The molecule has 1 aliphatic heterocycles. The lowest BCUT2D eigenvalue weighted by Gasteiger charge is -2.27. The van der Waals surface area contributed by atoms with Gasteiger partial charge in [-0.25, -0.2) is 9.18 Å². The zero-order valence-corrected chi connectivity index (χ0v) is 21.5. The molecule has 0 amide bonds. The van der Waals surface area contributed by atoms with Crippen LogP contribution in [0.2, 0.25) is 0 Å². The molecule has 6 nitrogen and oxygen atoms in total. The van der Waals surface area contributed by atoms with Crippen LogP contribution in [0.5, 0.6) is 11.5 Å². The van der Waals surface area contributed by atoms with Crippen molar-refractivity contribution in [2.45, 2.75) is 71.0 Å². The molecule has 0 radical (unpaired) electrons. The summed E-state index contributed by atoms with van der Waals surface area (Å²) >= 11 is 0. The Labute approximate surface area is 217 Å². The van der Waals surface area contributed by atoms with Gasteiger partial charge in [0.2, 0.25) is 0 Å². The van der Waals surface area contributed by atoms with Gasteiger partial charge in [0.1, 0.15) is 23.1 Å². The Morgan fingerprint density at radius 1 is 1.11 bits per heavy atom. The molecule has 4 rings (SSSR count). The van der Waals surface area contributed by atoms with Crippen LogP contribution in [0.1, 0.15) is 62.6 Å². The Hall–Kier alpha value is -3.32. The second-order valence-electron chi connectivity index (χ2n) is 9.44. The van der Waals surface area contributed by atoms with E-state index >= 15 is 0 Å². The molecule has 2 aliphatic rings. The lowest BCUT2D eigenvalue weighted by atomic mass is 9.89. The van der Waals surface area contributed by atoms with Gasteiger partial charge >= 0.3 is 5.97 Å². The fourth-order valence-electron chi connectivity index (χ4n) is 4.87. The predicted molar refractivity (Wildman–Crippen MR) is 139 cm³/mol. The molecule has 0 aromatic heterocycles. The minimum atomic E-state index is -0.940. The quantitative estimate of drug-likeness (QED) is 0.369. The lowest BCUT2D eigenvalue weighted by molar-refractivity contribution is -0.145. The van der Waals surface area contributed by atoms with E-state index in [4.69, 9.17) is 14.2 Å². The van der Waals surface area contributed by atoms with E-state index in [0.29, 0.717) is 44.6 Å². The monoisotopic (exact) mass is 510 g/mol. The number of rotatable bonds is 11. The van der Waals surface area contributed by atoms with Crippen LogP contribution < -0.4 is 9.47 Å². The molecule has 37 heavy (non-hydrogen) atoms. The molecule has 7 heteroatoms. The summed E-state index contributed by atoms with van der Waals surface area (Å²) in [5, 5.41) is 20.1. The van der Waals surface area contributed by atoms with Gasteiger partial charge in [-0.15, -0.1) is 0 Å². The normalized spacial score (nSPS) is 19.1. The van der Waals surface area contributed by atoms with Crippen LogP contribution in [0.3, 0.4) is 0 Å². The maximum absolute atomic E-state index is 13.3. The van der Waals surface area contributed by atoms with Crippen molar-refractivity contribution < 1.29 is 33.6 Å². The number of hydrogen-bond donors (Lipinski definition) is 2. The van der Waals surface area contributed by atoms with Crippen molar-refractivity contribution in [1.29, 1.82) is 0 Å². The fourth-order valence-corrected chi connectivity index (χ4v) is 4.87. The molecule has 2 unspecified atom stereocenters. The minimum Gasteiger partial charge on any atom is -0.497 e. The van der Waals surface area contributed by atoms with E-state index in [0.717, 1.165) is 58.6 Å². The first-order valence-corrected chi connectivity index (χ1v) is 13.1. The van der Waals surface area contributed by atoms with E-state index in [9.17, 15) is 19.4 Å². The van der Waals surface area contributed by atoms with E-state index in [2.05, 4.69) is 6.92 Å². The van der Waals surface area contributed by atoms with E-state index < -0.39 is 18.2 Å².